The van der Waals surface area contributed by atoms with Gasteiger partial charge in [-0.25, -0.2) is 8.78 Å². The molecule has 0 spiro atoms. The Hall–Kier alpha value is -1.82. The summed E-state index contributed by atoms with van der Waals surface area (Å²) in [6, 6.07) is 3.33. The van der Waals surface area contributed by atoms with E-state index in [1.54, 1.807) is 0 Å². The Morgan fingerprint density at radius 3 is 2.47 bits per heavy atom. The van der Waals surface area contributed by atoms with Gasteiger partial charge in [0.25, 0.3) is 0 Å². The van der Waals surface area contributed by atoms with Crippen LogP contribution in [0.3, 0.4) is 0 Å². The third-order valence-corrected chi connectivity index (χ3v) is 2.89. The highest BCUT2D eigenvalue weighted by Gasteiger charge is 2.19. The molecule has 0 saturated carbocycles. The summed E-state index contributed by atoms with van der Waals surface area (Å²) in [6.07, 6.45) is -0.0870. The molecule has 2 rings (SSSR count). The highest BCUT2D eigenvalue weighted by Crippen LogP contribution is 2.19. The van der Waals surface area contributed by atoms with Crippen molar-refractivity contribution in [2.24, 2.45) is 11.7 Å². The summed E-state index contributed by atoms with van der Waals surface area (Å²) in [5.41, 5.74) is 5.78. The van der Waals surface area contributed by atoms with Crippen molar-refractivity contribution in [2.45, 2.75) is 26.3 Å². The summed E-state index contributed by atoms with van der Waals surface area (Å²) in [5, 5.41) is 3.74. The fraction of sp³-hybridized carbons (Fsp3) is 0.385. The molecule has 1 aromatic heterocycles. The molecule has 2 N–H and O–H groups in total. The van der Waals surface area contributed by atoms with Crippen LogP contribution in [0.4, 0.5) is 8.78 Å². The van der Waals surface area contributed by atoms with Crippen LogP contribution in [0, 0.1) is 17.6 Å². The zero-order valence-corrected chi connectivity index (χ0v) is 10.7. The molecule has 0 saturated heterocycles. The third-order valence-electron chi connectivity index (χ3n) is 2.89. The topological polar surface area (TPSA) is 64.9 Å². The molecule has 0 fully saturated rings. The van der Waals surface area contributed by atoms with Gasteiger partial charge < -0.3 is 10.3 Å². The summed E-state index contributed by atoms with van der Waals surface area (Å²) in [6.45, 7) is 3.86. The van der Waals surface area contributed by atoms with Crippen molar-refractivity contribution in [1.29, 1.82) is 0 Å². The molecule has 0 aliphatic heterocycles. The van der Waals surface area contributed by atoms with E-state index in [0.717, 1.165) is 0 Å². The quantitative estimate of drug-likeness (QED) is 0.924. The molecule has 1 heterocycles. The van der Waals surface area contributed by atoms with Gasteiger partial charge in [0.15, 0.2) is 5.82 Å². The van der Waals surface area contributed by atoms with Gasteiger partial charge in [0.05, 0.1) is 12.5 Å². The Kier molecular flexibility index (Phi) is 3.90. The predicted octanol–water partition coefficient (Wildman–Crippen LogP) is 2.59. The number of nitrogens with two attached hydrogens (primary N) is 1. The summed E-state index contributed by atoms with van der Waals surface area (Å²) in [7, 11) is 0. The lowest BCUT2D eigenvalue weighted by atomic mass is 10.1. The highest BCUT2D eigenvalue weighted by atomic mass is 19.1. The van der Waals surface area contributed by atoms with Crippen molar-refractivity contribution in [3.05, 3.63) is 47.1 Å². The first kappa shape index (κ1) is 13.6. The minimum atomic E-state index is -0.632. The van der Waals surface area contributed by atoms with Crippen LogP contribution in [-0.2, 0) is 6.42 Å². The lowest BCUT2D eigenvalue weighted by Crippen LogP contribution is -2.18. The van der Waals surface area contributed by atoms with Crippen LogP contribution < -0.4 is 5.73 Å². The third kappa shape index (κ3) is 2.96. The van der Waals surface area contributed by atoms with Crippen LogP contribution in [-0.4, -0.2) is 10.1 Å². The Morgan fingerprint density at radius 2 is 1.89 bits per heavy atom. The SMILES string of the molecule is CC(C)C(N)c1noc(Cc2c(F)cccc2F)n1. The summed E-state index contributed by atoms with van der Waals surface area (Å²) in [4.78, 5) is 4.07. The fourth-order valence-corrected chi connectivity index (χ4v) is 1.63. The Bertz CT molecular complexity index is 549. The van der Waals surface area contributed by atoms with Gasteiger partial charge >= 0.3 is 0 Å². The zero-order valence-electron chi connectivity index (χ0n) is 10.7. The normalized spacial score (nSPS) is 12.9. The van der Waals surface area contributed by atoms with Crippen LogP contribution in [0.25, 0.3) is 0 Å². The standard InChI is InChI=1S/C13H15F2N3O/c1-7(2)12(16)13-17-11(19-18-13)6-8-9(14)4-3-5-10(8)15/h3-5,7,12H,6,16H2,1-2H3. The van der Waals surface area contributed by atoms with Gasteiger partial charge in [-0.1, -0.05) is 25.1 Å². The fourth-order valence-electron chi connectivity index (χ4n) is 1.63. The first-order valence-electron chi connectivity index (χ1n) is 6.00. The first-order valence-corrected chi connectivity index (χ1v) is 6.00. The molecule has 102 valence electrons. The number of rotatable bonds is 4. The van der Waals surface area contributed by atoms with Crippen LogP contribution in [0.1, 0.15) is 37.2 Å². The molecule has 0 bridgehead atoms. The Morgan fingerprint density at radius 1 is 1.26 bits per heavy atom. The molecule has 1 aromatic carbocycles. The Labute approximate surface area is 109 Å². The first-order chi connectivity index (χ1) is 8.99. The second-order valence-corrected chi connectivity index (χ2v) is 4.69. The maximum Gasteiger partial charge on any atom is 0.231 e. The van der Waals surface area contributed by atoms with Crippen molar-refractivity contribution in [3.63, 3.8) is 0 Å². The lowest BCUT2D eigenvalue weighted by molar-refractivity contribution is 0.365. The van der Waals surface area contributed by atoms with Crippen molar-refractivity contribution >= 4 is 0 Å². The van der Waals surface area contributed by atoms with Gasteiger partial charge in [-0.05, 0) is 18.1 Å². The van der Waals surface area contributed by atoms with E-state index in [4.69, 9.17) is 10.3 Å². The maximum absolute atomic E-state index is 13.5. The predicted molar refractivity (Wildman–Crippen MR) is 65.2 cm³/mol. The van der Waals surface area contributed by atoms with Crippen LogP contribution in [0.5, 0.6) is 0 Å². The number of hydrogen-bond donors (Lipinski definition) is 1. The van der Waals surface area contributed by atoms with Crippen molar-refractivity contribution in [3.8, 4) is 0 Å². The average molecular weight is 267 g/mol. The van der Waals surface area contributed by atoms with E-state index in [2.05, 4.69) is 10.1 Å². The van der Waals surface area contributed by atoms with E-state index < -0.39 is 11.6 Å². The highest BCUT2D eigenvalue weighted by molar-refractivity contribution is 5.22. The van der Waals surface area contributed by atoms with Gasteiger partial charge in [0.1, 0.15) is 11.6 Å². The molecule has 4 nitrogen and oxygen atoms in total. The van der Waals surface area contributed by atoms with E-state index in [1.807, 2.05) is 13.8 Å². The molecule has 19 heavy (non-hydrogen) atoms. The van der Waals surface area contributed by atoms with Gasteiger partial charge in [-0.15, -0.1) is 0 Å². The summed E-state index contributed by atoms with van der Waals surface area (Å²) >= 11 is 0. The van der Waals surface area contributed by atoms with Crippen molar-refractivity contribution in [2.75, 3.05) is 0 Å². The molecule has 0 radical (unpaired) electrons. The van der Waals surface area contributed by atoms with Crippen LogP contribution in [0.15, 0.2) is 22.7 Å². The zero-order chi connectivity index (χ0) is 14.0. The largest absolute Gasteiger partial charge is 0.339 e. The second kappa shape index (κ2) is 5.44. The molecule has 0 aliphatic carbocycles. The van der Waals surface area contributed by atoms with Gasteiger partial charge in [-0.3, -0.25) is 0 Å². The molecule has 2 aromatic rings. The van der Waals surface area contributed by atoms with Gasteiger partial charge in [0, 0.05) is 5.56 Å². The van der Waals surface area contributed by atoms with Crippen molar-refractivity contribution < 1.29 is 13.3 Å². The number of nitrogens with zero attached hydrogens (tertiary/aromatic N) is 2. The molecule has 0 amide bonds. The molecule has 0 aliphatic rings. The van der Waals surface area contributed by atoms with Crippen LogP contribution in [0.2, 0.25) is 0 Å². The van der Waals surface area contributed by atoms with Gasteiger partial charge in [0.2, 0.25) is 5.89 Å². The summed E-state index contributed by atoms with van der Waals surface area (Å²) in [5.74, 6) is -0.617. The molecular weight excluding hydrogens is 252 g/mol. The molecule has 1 unspecified atom stereocenters. The Balaban J connectivity index is 2.21. The van der Waals surface area contributed by atoms with Crippen LogP contribution >= 0.6 is 0 Å². The smallest absolute Gasteiger partial charge is 0.231 e. The van der Waals surface area contributed by atoms with E-state index in [0.29, 0.717) is 5.82 Å². The summed E-state index contributed by atoms with van der Waals surface area (Å²) < 4.78 is 31.9. The average Bonchev–Trinajstić information content (AvgIpc) is 2.81. The number of halogens is 2. The van der Waals surface area contributed by atoms with E-state index in [-0.39, 0.29) is 29.8 Å². The van der Waals surface area contributed by atoms with E-state index >= 15 is 0 Å². The number of aromatic nitrogens is 2. The molecular formula is C13H15F2N3O. The lowest BCUT2D eigenvalue weighted by Gasteiger charge is -2.09. The van der Waals surface area contributed by atoms with E-state index in [9.17, 15) is 8.78 Å². The minimum absolute atomic E-state index is 0.0870. The van der Waals surface area contributed by atoms with E-state index in [1.165, 1.54) is 18.2 Å². The number of hydrogen-bond acceptors (Lipinski definition) is 4. The monoisotopic (exact) mass is 267 g/mol. The molecule has 6 heteroatoms. The number of benzene rings is 1. The molecule has 1 atom stereocenters. The van der Waals surface area contributed by atoms with Gasteiger partial charge in [-0.2, -0.15) is 4.98 Å². The minimum Gasteiger partial charge on any atom is -0.339 e. The second-order valence-electron chi connectivity index (χ2n) is 4.69. The maximum atomic E-state index is 13.5. The van der Waals surface area contributed by atoms with Crippen molar-refractivity contribution in [1.82, 2.24) is 10.1 Å².